The van der Waals surface area contributed by atoms with Crippen LogP contribution < -0.4 is 5.73 Å². The molecule has 0 saturated heterocycles. The van der Waals surface area contributed by atoms with Gasteiger partial charge in [0, 0.05) is 19.1 Å². The molecule has 0 rings (SSSR count). The molecule has 0 fully saturated rings. The quantitative estimate of drug-likeness (QED) is 0.703. The minimum absolute atomic E-state index is 0.164. The van der Waals surface area contributed by atoms with Crippen molar-refractivity contribution in [1.29, 1.82) is 0 Å². The SMILES string of the molecule is CC(N)CCN(C)CC(=O)N(C)C(C)C. The van der Waals surface area contributed by atoms with Crippen LogP contribution in [0.2, 0.25) is 0 Å². The zero-order valence-electron chi connectivity index (χ0n) is 10.7. The van der Waals surface area contributed by atoms with Gasteiger partial charge in [0.2, 0.25) is 5.91 Å². The Hall–Kier alpha value is -0.610. The molecular formula is C11H25N3O. The average molecular weight is 215 g/mol. The van der Waals surface area contributed by atoms with Gasteiger partial charge in [-0.05, 0) is 40.8 Å². The molecule has 0 aliphatic rings. The molecule has 1 unspecified atom stereocenters. The average Bonchev–Trinajstić information content (AvgIpc) is 2.13. The first kappa shape index (κ1) is 14.4. The molecule has 90 valence electrons. The molecule has 2 N–H and O–H groups in total. The Morgan fingerprint density at radius 2 is 1.80 bits per heavy atom. The Balaban J connectivity index is 3.85. The zero-order chi connectivity index (χ0) is 12.0. The fourth-order valence-corrected chi connectivity index (χ4v) is 1.13. The minimum atomic E-state index is 0.164. The number of rotatable bonds is 6. The van der Waals surface area contributed by atoms with E-state index in [2.05, 4.69) is 0 Å². The molecular weight excluding hydrogens is 190 g/mol. The Morgan fingerprint density at radius 3 is 2.20 bits per heavy atom. The second-order valence-electron chi connectivity index (χ2n) is 4.60. The van der Waals surface area contributed by atoms with Crippen molar-refractivity contribution < 1.29 is 4.79 Å². The Morgan fingerprint density at radius 1 is 1.27 bits per heavy atom. The summed E-state index contributed by atoms with van der Waals surface area (Å²) in [6.45, 7) is 7.35. The number of nitrogens with two attached hydrogens (primary N) is 1. The van der Waals surface area contributed by atoms with Crippen molar-refractivity contribution in [2.24, 2.45) is 5.73 Å². The summed E-state index contributed by atoms with van der Waals surface area (Å²) < 4.78 is 0. The van der Waals surface area contributed by atoms with Gasteiger partial charge < -0.3 is 10.6 Å². The molecule has 1 atom stereocenters. The van der Waals surface area contributed by atoms with E-state index in [-0.39, 0.29) is 18.0 Å². The number of carbonyl (C=O) groups is 1. The van der Waals surface area contributed by atoms with E-state index in [1.165, 1.54) is 0 Å². The summed E-state index contributed by atoms with van der Waals surface area (Å²) >= 11 is 0. The van der Waals surface area contributed by atoms with Crippen LogP contribution in [0.3, 0.4) is 0 Å². The monoisotopic (exact) mass is 215 g/mol. The van der Waals surface area contributed by atoms with E-state index in [4.69, 9.17) is 5.73 Å². The first-order chi connectivity index (χ1) is 6.84. The third kappa shape index (κ3) is 6.47. The van der Waals surface area contributed by atoms with Crippen LogP contribution >= 0.6 is 0 Å². The number of hydrogen-bond donors (Lipinski definition) is 1. The second kappa shape index (κ2) is 6.80. The third-order valence-corrected chi connectivity index (χ3v) is 2.54. The van der Waals surface area contributed by atoms with Gasteiger partial charge in [-0.25, -0.2) is 0 Å². The van der Waals surface area contributed by atoms with Crippen molar-refractivity contribution >= 4 is 5.91 Å². The van der Waals surface area contributed by atoms with Gasteiger partial charge in [0.1, 0.15) is 0 Å². The van der Waals surface area contributed by atoms with E-state index in [9.17, 15) is 4.79 Å². The van der Waals surface area contributed by atoms with Crippen LogP contribution in [0.25, 0.3) is 0 Å². The van der Waals surface area contributed by atoms with E-state index in [1.54, 1.807) is 4.90 Å². The van der Waals surface area contributed by atoms with E-state index in [0.717, 1.165) is 13.0 Å². The largest absolute Gasteiger partial charge is 0.342 e. The number of nitrogens with zero attached hydrogens (tertiary/aromatic N) is 2. The summed E-state index contributed by atoms with van der Waals surface area (Å²) in [6, 6.07) is 0.463. The highest BCUT2D eigenvalue weighted by Gasteiger charge is 2.13. The highest BCUT2D eigenvalue weighted by atomic mass is 16.2. The highest BCUT2D eigenvalue weighted by molar-refractivity contribution is 5.78. The van der Waals surface area contributed by atoms with Crippen molar-refractivity contribution in [3.8, 4) is 0 Å². The van der Waals surface area contributed by atoms with Crippen LogP contribution in [-0.2, 0) is 4.79 Å². The predicted octanol–water partition coefficient (Wildman–Crippen LogP) is 0.522. The molecule has 0 heterocycles. The van der Waals surface area contributed by atoms with Crippen molar-refractivity contribution in [3.63, 3.8) is 0 Å². The van der Waals surface area contributed by atoms with Gasteiger partial charge in [-0.2, -0.15) is 0 Å². The van der Waals surface area contributed by atoms with Gasteiger partial charge in [0.05, 0.1) is 6.54 Å². The Kier molecular flexibility index (Phi) is 6.52. The van der Waals surface area contributed by atoms with Gasteiger partial charge in [-0.1, -0.05) is 0 Å². The summed E-state index contributed by atoms with van der Waals surface area (Å²) in [5, 5.41) is 0. The summed E-state index contributed by atoms with van der Waals surface area (Å²) in [4.78, 5) is 15.5. The summed E-state index contributed by atoms with van der Waals surface area (Å²) in [6.07, 6.45) is 0.926. The summed E-state index contributed by atoms with van der Waals surface area (Å²) in [7, 11) is 3.79. The van der Waals surface area contributed by atoms with Gasteiger partial charge in [-0.15, -0.1) is 0 Å². The maximum Gasteiger partial charge on any atom is 0.236 e. The summed E-state index contributed by atoms with van der Waals surface area (Å²) in [5.41, 5.74) is 5.66. The van der Waals surface area contributed by atoms with E-state index in [1.807, 2.05) is 39.8 Å². The zero-order valence-corrected chi connectivity index (χ0v) is 10.7. The van der Waals surface area contributed by atoms with Crippen LogP contribution in [0.5, 0.6) is 0 Å². The molecule has 0 aromatic carbocycles. The molecule has 15 heavy (non-hydrogen) atoms. The number of carbonyl (C=O) groups excluding carboxylic acids is 1. The molecule has 4 heteroatoms. The molecule has 1 amide bonds. The van der Waals surface area contributed by atoms with E-state index in [0.29, 0.717) is 6.54 Å². The lowest BCUT2D eigenvalue weighted by Gasteiger charge is -2.25. The number of amides is 1. The Bertz CT molecular complexity index is 192. The van der Waals surface area contributed by atoms with Crippen LogP contribution in [0.15, 0.2) is 0 Å². The maximum absolute atomic E-state index is 11.7. The molecule has 0 aliphatic heterocycles. The van der Waals surface area contributed by atoms with Crippen molar-refractivity contribution in [1.82, 2.24) is 9.80 Å². The molecule has 0 radical (unpaired) electrons. The molecule has 0 saturated carbocycles. The van der Waals surface area contributed by atoms with E-state index < -0.39 is 0 Å². The van der Waals surface area contributed by atoms with Crippen molar-refractivity contribution in [2.75, 3.05) is 27.2 Å². The maximum atomic E-state index is 11.7. The normalized spacial score (nSPS) is 13.3. The van der Waals surface area contributed by atoms with Crippen LogP contribution in [-0.4, -0.2) is 55.0 Å². The molecule has 0 aromatic heterocycles. The minimum Gasteiger partial charge on any atom is -0.342 e. The smallest absolute Gasteiger partial charge is 0.236 e. The molecule has 4 nitrogen and oxygen atoms in total. The fraction of sp³-hybridized carbons (Fsp3) is 0.909. The standard InChI is InChI=1S/C11H25N3O/c1-9(2)14(5)11(15)8-13(4)7-6-10(3)12/h9-10H,6-8,12H2,1-5H3. The van der Waals surface area contributed by atoms with Crippen molar-refractivity contribution in [3.05, 3.63) is 0 Å². The van der Waals surface area contributed by atoms with Crippen LogP contribution in [0.4, 0.5) is 0 Å². The second-order valence-corrected chi connectivity index (χ2v) is 4.60. The number of likely N-dealkylation sites (N-methyl/N-ethyl adjacent to an activating group) is 2. The third-order valence-electron chi connectivity index (χ3n) is 2.54. The Labute approximate surface area is 93.4 Å². The van der Waals surface area contributed by atoms with Gasteiger partial charge in [0.25, 0.3) is 0 Å². The van der Waals surface area contributed by atoms with Gasteiger partial charge >= 0.3 is 0 Å². The molecule has 0 aliphatic carbocycles. The van der Waals surface area contributed by atoms with Gasteiger partial charge in [-0.3, -0.25) is 9.69 Å². The van der Waals surface area contributed by atoms with Gasteiger partial charge in [0.15, 0.2) is 0 Å². The molecule has 0 aromatic rings. The lowest BCUT2D eigenvalue weighted by atomic mass is 10.2. The molecule has 0 spiro atoms. The van der Waals surface area contributed by atoms with Crippen molar-refractivity contribution in [2.45, 2.75) is 39.3 Å². The topological polar surface area (TPSA) is 49.6 Å². The predicted molar refractivity (Wildman–Crippen MR) is 63.7 cm³/mol. The van der Waals surface area contributed by atoms with E-state index >= 15 is 0 Å². The molecule has 0 bridgehead atoms. The summed E-state index contributed by atoms with van der Waals surface area (Å²) in [5.74, 6) is 0.164. The fourth-order valence-electron chi connectivity index (χ4n) is 1.13. The highest BCUT2D eigenvalue weighted by Crippen LogP contribution is 1.97. The van der Waals surface area contributed by atoms with Crippen LogP contribution in [0, 0.1) is 0 Å². The van der Waals surface area contributed by atoms with Crippen LogP contribution in [0.1, 0.15) is 27.2 Å². The first-order valence-corrected chi connectivity index (χ1v) is 5.54. The lowest BCUT2D eigenvalue weighted by Crippen LogP contribution is -2.41. The number of hydrogen-bond acceptors (Lipinski definition) is 3. The first-order valence-electron chi connectivity index (χ1n) is 5.54. The lowest BCUT2D eigenvalue weighted by molar-refractivity contribution is -0.132.